The monoisotopic (exact) mass is 445 g/mol. The van der Waals surface area contributed by atoms with Crippen molar-refractivity contribution >= 4 is 56.8 Å². The smallest absolute Gasteiger partial charge is 0.258 e. The summed E-state index contributed by atoms with van der Waals surface area (Å²) in [5.74, 6) is -1.96. The van der Waals surface area contributed by atoms with Crippen LogP contribution in [0.3, 0.4) is 0 Å². The summed E-state index contributed by atoms with van der Waals surface area (Å²) in [6.07, 6.45) is 4.78. The molecule has 0 aliphatic carbocycles. The molecule has 0 atom stereocenters. The van der Waals surface area contributed by atoms with Crippen molar-refractivity contribution in [3.05, 3.63) is 91.0 Å². The third kappa shape index (κ3) is 2.95. The van der Waals surface area contributed by atoms with E-state index >= 15 is 0 Å². The number of hydrogen-bond acceptors (Lipinski definition) is 5. The van der Waals surface area contributed by atoms with Gasteiger partial charge in [0, 0.05) is 40.6 Å². The molecule has 6 rings (SSSR count). The molecule has 34 heavy (non-hydrogen) atoms. The Hall–Kier alpha value is -4.91. The van der Waals surface area contributed by atoms with Crippen LogP contribution >= 0.6 is 0 Å². The van der Waals surface area contributed by atoms with Crippen molar-refractivity contribution in [3.8, 4) is 11.1 Å². The first-order chi connectivity index (χ1) is 16.5. The second kappa shape index (κ2) is 7.31. The standard InChI is InChI=1S/C27H15N3O4/c31-23-9-10-24(32)29(23)17-13-16(14-18(15-17)30-25(33)11-12-26(30)34)27-19-5-1-3-7-21(19)28-22-8-4-2-6-20(22)27/h1-15H. The number of anilines is 2. The number of pyridine rings is 1. The third-order valence-electron chi connectivity index (χ3n) is 5.91. The van der Waals surface area contributed by atoms with Crippen molar-refractivity contribution in [2.24, 2.45) is 0 Å². The first-order valence-corrected chi connectivity index (χ1v) is 10.6. The maximum atomic E-state index is 12.5. The summed E-state index contributed by atoms with van der Waals surface area (Å²) in [6.45, 7) is 0. The van der Waals surface area contributed by atoms with E-state index in [0.717, 1.165) is 37.2 Å². The van der Waals surface area contributed by atoms with Crippen LogP contribution in [0.2, 0.25) is 0 Å². The van der Waals surface area contributed by atoms with Crippen LogP contribution in [-0.2, 0) is 19.2 Å². The van der Waals surface area contributed by atoms with Crippen LogP contribution < -0.4 is 9.80 Å². The molecule has 4 amide bonds. The molecule has 0 bridgehead atoms. The number of fused-ring (bicyclic) bond motifs is 2. The van der Waals surface area contributed by atoms with Gasteiger partial charge in [-0.05, 0) is 35.9 Å². The average Bonchev–Trinajstić information content (AvgIpc) is 3.36. The molecular formula is C27H15N3O4. The van der Waals surface area contributed by atoms with Crippen LogP contribution in [0.15, 0.2) is 91.0 Å². The predicted octanol–water partition coefficient (Wildman–Crippen LogP) is 3.91. The van der Waals surface area contributed by atoms with E-state index in [1.807, 2.05) is 48.5 Å². The van der Waals surface area contributed by atoms with Gasteiger partial charge in [-0.3, -0.25) is 19.2 Å². The van der Waals surface area contributed by atoms with E-state index in [-0.39, 0.29) is 11.4 Å². The fraction of sp³-hybridized carbons (Fsp3) is 0. The quantitative estimate of drug-likeness (QED) is 0.352. The molecule has 0 N–H and O–H groups in total. The average molecular weight is 445 g/mol. The summed E-state index contributed by atoms with van der Waals surface area (Å²) in [5.41, 5.74) is 3.54. The minimum Gasteiger partial charge on any atom is -0.269 e. The lowest BCUT2D eigenvalue weighted by Crippen LogP contribution is -2.32. The Morgan fingerprint density at radius 1 is 0.529 bits per heavy atom. The van der Waals surface area contributed by atoms with Crippen molar-refractivity contribution in [1.29, 1.82) is 0 Å². The zero-order valence-corrected chi connectivity index (χ0v) is 17.6. The minimum atomic E-state index is -0.491. The summed E-state index contributed by atoms with van der Waals surface area (Å²) in [4.78, 5) is 56.7. The van der Waals surface area contributed by atoms with Gasteiger partial charge in [0.15, 0.2) is 0 Å². The van der Waals surface area contributed by atoms with Gasteiger partial charge in [-0.25, -0.2) is 14.8 Å². The van der Waals surface area contributed by atoms with Gasteiger partial charge in [-0.15, -0.1) is 0 Å². The van der Waals surface area contributed by atoms with Crippen molar-refractivity contribution in [2.45, 2.75) is 0 Å². The van der Waals surface area contributed by atoms with E-state index in [0.29, 0.717) is 5.56 Å². The van der Waals surface area contributed by atoms with E-state index < -0.39 is 23.6 Å². The second-order valence-electron chi connectivity index (χ2n) is 7.95. The van der Waals surface area contributed by atoms with Crippen LogP contribution in [0.4, 0.5) is 11.4 Å². The van der Waals surface area contributed by atoms with E-state index in [1.54, 1.807) is 12.1 Å². The molecule has 2 aliphatic heterocycles. The summed E-state index contributed by atoms with van der Waals surface area (Å²) in [5, 5.41) is 1.72. The predicted molar refractivity (Wildman–Crippen MR) is 128 cm³/mol. The molecule has 0 spiro atoms. The number of carbonyl (C=O) groups excluding carboxylic acids is 4. The highest BCUT2D eigenvalue weighted by Gasteiger charge is 2.30. The molecule has 7 nitrogen and oxygen atoms in total. The van der Waals surface area contributed by atoms with Gasteiger partial charge in [0.05, 0.1) is 22.4 Å². The third-order valence-corrected chi connectivity index (χ3v) is 5.91. The lowest BCUT2D eigenvalue weighted by molar-refractivity contribution is -0.121. The lowest BCUT2D eigenvalue weighted by Gasteiger charge is -2.21. The SMILES string of the molecule is O=C1C=CC(=O)N1c1cc(-c2c3ccccc3nc3ccccc23)cc(N2C(=O)C=CC2=O)c1. The first kappa shape index (κ1) is 19.8. The molecule has 0 radical (unpaired) electrons. The molecule has 0 unspecified atom stereocenters. The number of hydrogen-bond donors (Lipinski definition) is 0. The molecule has 0 saturated heterocycles. The maximum Gasteiger partial charge on any atom is 0.258 e. The summed E-state index contributed by atoms with van der Waals surface area (Å²) >= 11 is 0. The number of imide groups is 2. The summed E-state index contributed by atoms with van der Waals surface area (Å²) in [6, 6.07) is 20.3. The highest BCUT2D eigenvalue weighted by Crippen LogP contribution is 2.39. The van der Waals surface area contributed by atoms with E-state index in [9.17, 15) is 19.2 Å². The Morgan fingerprint density at radius 2 is 0.941 bits per heavy atom. The fourth-order valence-electron chi connectivity index (χ4n) is 4.46. The first-order valence-electron chi connectivity index (χ1n) is 10.6. The van der Waals surface area contributed by atoms with Crippen molar-refractivity contribution in [1.82, 2.24) is 4.98 Å². The van der Waals surface area contributed by atoms with Gasteiger partial charge in [-0.2, -0.15) is 0 Å². The van der Waals surface area contributed by atoms with E-state index in [4.69, 9.17) is 4.98 Å². The zero-order chi connectivity index (χ0) is 23.4. The molecule has 162 valence electrons. The largest absolute Gasteiger partial charge is 0.269 e. The Labute approximate surface area is 193 Å². The van der Waals surface area contributed by atoms with Crippen molar-refractivity contribution in [3.63, 3.8) is 0 Å². The van der Waals surface area contributed by atoms with Crippen LogP contribution in [0, 0.1) is 0 Å². The Balaban J connectivity index is 1.68. The van der Waals surface area contributed by atoms with E-state index in [1.165, 1.54) is 30.4 Å². The normalized spacial score (nSPS) is 15.5. The number of amides is 4. The summed E-state index contributed by atoms with van der Waals surface area (Å²) < 4.78 is 0. The van der Waals surface area contributed by atoms with Gasteiger partial charge < -0.3 is 0 Å². The molecule has 0 saturated carbocycles. The Bertz CT molecular complexity index is 1500. The van der Waals surface area contributed by atoms with Crippen molar-refractivity contribution in [2.75, 3.05) is 9.80 Å². The number of carbonyl (C=O) groups is 4. The molecule has 4 aromatic rings. The van der Waals surface area contributed by atoms with Gasteiger partial charge in [0.1, 0.15) is 0 Å². The fourth-order valence-corrected chi connectivity index (χ4v) is 4.46. The topological polar surface area (TPSA) is 87.7 Å². The second-order valence-corrected chi connectivity index (χ2v) is 7.95. The van der Waals surface area contributed by atoms with Crippen molar-refractivity contribution < 1.29 is 19.2 Å². The molecule has 2 aliphatic rings. The van der Waals surface area contributed by atoms with Gasteiger partial charge in [0.2, 0.25) is 0 Å². The molecule has 0 fully saturated rings. The summed E-state index contributed by atoms with van der Waals surface area (Å²) in [7, 11) is 0. The number of nitrogens with zero attached hydrogens (tertiary/aromatic N) is 3. The van der Waals surface area contributed by atoms with Gasteiger partial charge in [-0.1, -0.05) is 36.4 Å². The number of benzene rings is 3. The Kier molecular flexibility index (Phi) is 4.25. The minimum absolute atomic E-state index is 0.268. The highest BCUT2D eigenvalue weighted by molar-refractivity contribution is 6.30. The number of para-hydroxylation sites is 2. The van der Waals surface area contributed by atoms with E-state index in [2.05, 4.69) is 0 Å². The van der Waals surface area contributed by atoms with Gasteiger partial charge in [0.25, 0.3) is 23.6 Å². The number of rotatable bonds is 3. The highest BCUT2D eigenvalue weighted by atomic mass is 16.2. The Morgan fingerprint density at radius 3 is 1.38 bits per heavy atom. The molecule has 1 aromatic heterocycles. The molecule has 3 heterocycles. The maximum absolute atomic E-state index is 12.5. The van der Waals surface area contributed by atoms with Crippen LogP contribution in [0.5, 0.6) is 0 Å². The number of aromatic nitrogens is 1. The van der Waals surface area contributed by atoms with Crippen LogP contribution in [0.1, 0.15) is 0 Å². The molecule has 7 heteroatoms. The molecule has 3 aromatic carbocycles. The van der Waals surface area contributed by atoms with Crippen LogP contribution in [-0.4, -0.2) is 28.6 Å². The zero-order valence-electron chi connectivity index (χ0n) is 17.6. The van der Waals surface area contributed by atoms with Crippen LogP contribution in [0.25, 0.3) is 32.9 Å². The van der Waals surface area contributed by atoms with Gasteiger partial charge >= 0.3 is 0 Å². The lowest BCUT2D eigenvalue weighted by atomic mass is 9.95. The molecular weight excluding hydrogens is 430 g/mol.